The molecule has 10 heavy (non-hydrogen) atoms. The fourth-order valence-electron chi connectivity index (χ4n) is 0.468. The predicted molar refractivity (Wildman–Crippen MR) is 40.9 cm³/mol. The lowest BCUT2D eigenvalue weighted by atomic mass is 10.6. The van der Waals surface area contributed by atoms with E-state index in [9.17, 15) is 4.79 Å². The van der Waals surface area contributed by atoms with Gasteiger partial charge in [-0.2, -0.15) is 4.98 Å². The van der Waals surface area contributed by atoms with Crippen molar-refractivity contribution in [3.8, 4) is 5.88 Å². The molecule has 0 aliphatic carbocycles. The Labute approximate surface area is 66.1 Å². The van der Waals surface area contributed by atoms with Crippen LogP contribution in [0.15, 0.2) is 4.34 Å². The first-order valence-corrected chi connectivity index (χ1v) is 4.51. The summed E-state index contributed by atoms with van der Waals surface area (Å²) < 4.78 is 0.708. The largest absolute Gasteiger partial charge is 0.492 e. The molecule has 1 aromatic heterocycles. The third-order valence-corrected chi connectivity index (χ3v) is 2.85. The van der Waals surface area contributed by atoms with Gasteiger partial charge in [-0.3, -0.25) is 4.79 Å². The Morgan fingerprint density at radius 3 is 2.80 bits per heavy atom. The highest BCUT2D eigenvalue weighted by Gasteiger charge is 2.06. The molecule has 0 amide bonds. The molecule has 0 aromatic carbocycles. The van der Waals surface area contributed by atoms with Crippen molar-refractivity contribution in [1.29, 1.82) is 0 Å². The second-order valence-electron chi connectivity index (χ2n) is 1.49. The number of aromatic nitrogens is 1. The highest BCUT2D eigenvalue weighted by Crippen LogP contribution is 2.27. The number of aldehydes is 1. The van der Waals surface area contributed by atoms with Crippen LogP contribution in [-0.4, -0.2) is 22.6 Å². The summed E-state index contributed by atoms with van der Waals surface area (Å²) in [5, 5.41) is 8.92. The molecule has 0 bridgehead atoms. The molecule has 0 aliphatic rings. The minimum atomic E-state index is -0.163. The van der Waals surface area contributed by atoms with Crippen molar-refractivity contribution in [3.63, 3.8) is 0 Å². The molecule has 1 N–H and O–H groups in total. The summed E-state index contributed by atoms with van der Waals surface area (Å²) >= 11 is 2.60. The molecule has 0 atom stereocenters. The molecule has 0 fully saturated rings. The van der Waals surface area contributed by atoms with Crippen molar-refractivity contribution in [2.45, 2.75) is 4.34 Å². The summed E-state index contributed by atoms with van der Waals surface area (Å²) in [6.45, 7) is 0. The minimum absolute atomic E-state index is 0.163. The van der Waals surface area contributed by atoms with E-state index >= 15 is 0 Å². The zero-order valence-electron chi connectivity index (χ0n) is 5.20. The Morgan fingerprint density at radius 1 is 1.80 bits per heavy atom. The van der Waals surface area contributed by atoms with E-state index < -0.39 is 0 Å². The summed E-state index contributed by atoms with van der Waals surface area (Å²) in [7, 11) is 0. The Kier molecular flexibility index (Phi) is 2.29. The summed E-state index contributed by atoms with van der Waals surface area (Å²) in [5.74, 6) is -0.163. The molecule has 0 saturated carbocycles. The molecule has 0 saturated heterocycles. The van der Waals surface area contributed by atoms with Crippen molar-refractivity contribution in [1.82, 2.24) is 4.98 Å². The molecule has 5 heteroatoms. The van der Waals surface area contributed by atoms with Crippen LogP contribution in [0.3, 0.4) is 0 Å². The summed E-state index contributed by atoms with van der Waals surface area (Å²) in [6, 6.07) is 0. The van der Waals surface area contributed by atoms with Gasteiger partial charge in [0.05, 0.1) is 0 Å². The molecule has 0 radical (unpaired) electrons. The van der Waals surface area contributed by atoms with E-state index in [1.54, 1.807) is 0 Å². The van der Waals surface area contributed by atoms with Crippen LogP contribution in [0.4, 0.5) is 0 Å². The van der Waals surface area contributed by atoms with Crippen LogP contribution in [0.1, 0.15) is 9.67 Å². The van der Waals surface area contributed by atoms with Crippen LogP contribution in [0.5, 0.6) is 5.88 Å². The molecule has 0 aliphatic heterocycles. The van der Waals surface area contributed by atoms with Gasteiger partial charge in [0, 0.05) is 0 Å². The molecular formula is C5H5NO2S2. The number of rotatable bonds is 2. The summed E-state index contributed by atoms with van der Waals surface area (Å²) in [5.41, 5.74) is 0. The van der Waals surface area contributed by atoms with E-state index in [-0.39, 0.29) is 5.88 Å². The van der Waals surface area contributed by atoms with Gasteiger partial charge in [0.25, 0.3) is 0 Å². The van der Waals surface area contributed by atoms with E-state index in [1.807, 2.05) is 6.26 Å². The maximum Gasteiger partial charge on any atom is 0.234 e. The van der Waals surface area contributed by atoms with Crippen LogP contribution < -0.4 is 0 Å². The van der Waals surface area contributed by atoms with E-state index in [2.05, 4.69) is 4.98 Å². The van der Waals surface area contributed by atoms with Crippen molar-refractivity contribution >= 4 is 29.4 Å². The molecule has 3 nitrogen and oxygen atoms in total. The topological polar surface area (TPSA) is 50.2 Å². The number of hydrogen-bond acceptors (Lipinski definition) is 5. The lowest BCUT2D eigenvalue weighted by Gasteiger charge is -1.78. The highest BCUT2D eigenvalue weighted by molar-refractivity contribution is 8.00. The maximum atomic E-state index is 10.2. The molecule has 0 unspecified atom stereocenters. The van der Waals surface area contributed by atoms with Gasteiger partial charge in [-0.25, -0.2) is 0 Å². The number of thioether (sulfide) groups is 1. The fraction of sp³-hybridized carbons (Fsp3) is 0.200. The highest BCUT2D eigenvalue weighted by atomic mass is 32.2. The number of hydrogen-bond donors (Lipinski definition) is 1. The molecule has 54 valence electrons. The predicted octanol–water partition coefficient (Wildman–Crippen LogP) is 1.38. The van der Waals surface area contributed by atoms with Crippen LogP contribution >= 0.6 is 23.1 Å². The smallest absolute Gasteiger partial charge is 0.234 e. The van der Waals surface area contributed by atoms with Gasteiger partial charge < -0.3 is 5.11 Å². The van der Waals surface area contributed by atoms with Gasteiger partial charge in [0.1, 0.15) is 4.88 Å². The Bertz CT molecular complexity index is 246. The van der Waals surface area contributed by atoms with Crippen LogP contribution in [0.25, 0.3) is 0 Å². The normalized spacial score (nSPS) is 9.70. The van der Waals surface area contributed by atoms with E-state index in [1.165, 1.54) is 23.1 Å². The first-order chi connectivity index (χ1) is 4.77. The Morgan fingerprint density at radius 2 is 2.50 bits per heavy atom. The number of aromatic hydroxyl groups is 1. The maximum absolute atomic E-state index is 10.2. The van der Waals surface area contributed by atoms with Crippen LogP contribution in [0.2, 0.25) is 0 Å². The first-order valence-electron chi connectivity index (χ1n) is 2.47. The monoisotopic (exact) mass is 175 g/mol. The van der Waals surface area contributed by atoms with Crippen molar-refractivity contribution in [3.05, 3.63) is 4.88 Å². The molecular weight excluding hydrogens is 170 g/mol. The van der Waals surface area contributed by atoms with E-state index in [0.717, 1.165) is 0 Å². The molecule has 0 spiro atoms. The van der Waals surface area contributed by atoms with Gasteiger partial charge in [-0.15, -0.1) is 11.3 Å². The van der Waals surface area contributed by atoms with E-state index in [0.29, 0.717) is 15.5 Å². The number of thiazole rings is 1. The minimum Gasteiger partial charge on any atom is -0.492 e. The Hall–Kier alpha value is -0.550. The van der Waals surface area contributed by atoms with Gasteiger partial charge in [-0.05, 0) is 6.26 Å². The van der Waals surface area contributed by atoms with Crippen LogP contribution in [-0.2, 0) is 0 Å². The fourth-order valence-corrected chi connectivity index (χ4v) is 1.75. The van der Waals surface area contributed by atoms with Gasteiger partial charge in [0.2, 0.25) is 5.88 Å². The Balaban J connectivity index is 3.03. The van der Waals surface area contributed by atoms with Crippen molar-refractivity contribution in [2.24, 2.45) is 0 Å². The lowest BCUT2D eigenvalue weighted by molar-refractivity contribution is 0.112. The number of carbonyl (C=O) groups is 1. The second kappa shape index (κ2) is 3.03. The van der Waals surface area contributed by atoms with E-state index in [4.69, 9.17) is 5.11 Å². The number of nitrogens with zero attached hydrogens (tertiary/aromatic N) is 1. The van der Waals surface area contributed by atoms with Crippen molar-refractivity contribution in [2.75, 3.05) is 6.26 Å². The summed E-state index contributed by atoms with van der Waals surface area (Å²) in [4.78, 5) is 14.2. The van der Waals surface area contributed by atoms with Crippen LogP contribution in [0, 0.1) is 0 Å². The number of carbonyl (C=O) groups excluding carboxylic acids is 1. The van der Waals surface area contributed by atoms with Gasteiger partial charge in [-0.1, -0.05) is 11.8 Å². The quantitative estimate of drug-likeness (QED) is 0.545. The SMILES string of the molecule is CSc1nc(O)c(C=O)s1. The molecule has 1 heterocycles. The van der Waals surface area contributed by atoms with Gasteiger partial charge >= 0.3 is 0 Å². The molecule has 1 rings (SSSR count). The zero-order valence-corrected chi connectivity index (χ0v) is 6.83. The average Bonchev–Trinajstić information content (AvgIpc) is 2.30. The van der Waals surface area contributed by atoms with Gasteiger partial charge in [0.15, 0.2) is 10.6 Å². The third-order valence-electron chi connectivity index (χ3n) is 0.897. The third kappa shape index (κ3) is 1.30. The second-order valence-corrected chi connectivity index (χ2v) is 3.57. The molecule has 1 aromatic rings. The lowest BCUT2D eigenvalue weighted by Crippen LogP contribution is -1.70. The summed E-state index contributed by atoms with van der Waals surface area (Å²) in [6.07, 6.45) is 2.44. The standard InChI is InChI=1S/C5H5NO2S2/c1-9-5-6-4(8)3(2-7)10-5/h2,8H,1H3. The first kappa shape index (κ1) is 7.56. The van der Waals surface area contributed by atoms with Crippen molar-refractivity contribution < 1.29 is 9.90 Å². The average molecular weight is 175 g/mol. The zero-order chi connectivity index (χ0) is 7.56.